The number of carbonyl (C=O) groups is 1. The fourth-order valence-electron chi connectivity index (χ4n) is 2.21. The van der Waals surface area contributed by atoms with Crippen LogP contribution >= 0.6 is 15.9 Å². The van der Waals surface area contributed by atoms with Crippen molar-refractivity contribution >= 4 is 37.5 Å². The van der Waals surface area contributed by atoms with Crippen molar-refractivity contribution in [2.45, 2.75) is 19.4 Å². The lowest BCUT2D eigenvalue weighted by atomic mass is 10.1. The maximum atomic E-state index is 12.0. The highest BCUT2D eigenvalue weighted by Crippen LogP contribution is 2.18. The van der Waals surface area contributed by atoms with Crippen molar-refractivity contribution in [1.82, 2.24) is 5.32 Å². The van der Waals surface area contributed by atoms with Gasteiger partial charge in [-0.3, -0.25) is 9.52 Å². The number of hydrogen-bond donors (Lipinski definition) is 2. The van der Waals surface area contributed by atoms with Gasteiger partial charge in [0, 0.05) is 17.4 Å². The first kappa shape index (κ1) is 18.5. The predicted molar refractivity (Wildman–Crippen MR) is 99.2 cm³/mol. The number of sulfonamides is 1. The maximum absolute atomic E-state index is 12.0. The van der Waals surface area contributed by atoms with E-state index in [0.29, 0.717) is 18.5 Å². The highest BCUT2D eigenvalue weighted by atomic mass is 79.9. The van der Waals surface area contributed by atoms with Crippen LogP contribution in [0.4, 0.5) is 5.69 Å². The molecule has 0 aliphatic heterocycles. The molecule has 128 valence electrons. The minimum atomic E-state index is -3.36. The van der Waals surface area contributed by atoms with Gasteiger partial charge in [0.25, 0.3) is 0 Å². The second-order valence-electron chi connectivity index (χ2n) is 5.40. The van der Waals surface area contributed by atoms with Crippen molar-refractivity contribution in [2.24, 2.45) is 0 Å². The molecule has 0 spiro atoms. The van der Waals surface area contributed by atoms with Crippen LogP contribution in [0.1, 0.15) is 17.5 Å². The average molecular weight is 411 g/mol. The van der Waals surface area contributed by atoms with Crippen LogP contribution < -0.4 is 10.0 Å². The lowest BCUT2D eigenvalue weighted by molar-refractivity contribution is -0.121. The number of nitrogens with one attached hydrogen (secondary N) is 2. The Hall–Kier alpha value is -1.86. The lowest BCUT2D eigenvalue weighted by Crippen LogP contribution is -2.24. The highest BCUT2D eigenvalue weighted by Gasteiger charge is 2.09. The molecule has 0 unspecified atom stereocenters. The van der Waals surface area contributed by atoms with Gasteiger partial charge in [-0.05, 0) is 29.7 Å². The fraction of sp³-hybridized carbons (Fsp3) is 0.235. The molecular formula is C17H19BrN2O3S. The van der Waals surface area contributed by atoms with Gasteiger partial charge < -0.3 is 5.32 Å². The molecule has 0 aliphatic rings. The Balaban J connectivity index is 1.91. The van der Waals surface area contributed by atoms with Crippen LogP contribution in [0.2, 0.25) is 0 Å². The fourth-order valence-corrected chi connectivity index (χ4v) is 3.29. The SMILES string of the molecule is CS(=O)(=O)Nc1ccccc1CNC(=O)CCc1ccccc1Br. The quantitative estimate of drug-likeness (QED) is 0.736. The molecule has 24 heavy (non-hydrogen) atoms. The Kier molecular flexibility index (Phi) is 6.39. The van der Waals surface area contributed by atoms with E-state index in [9.17, 15) is 13.2 Å². The van der Waals surface area contributed by atoms with E-state index in [1.807, 2.05) is 24.3 Å². The van der Waals surface area contributed by atoms with E-state index in [2.05, 4.69) is 26.0 Å². The molecule has 0 saturated carbocycles. The number of para-hydroxylation sites is 1. The van der Waals surface area contributed by atoms with Gasteiger partial charge in [-0.25, -0.2) is 8.42 Å². The summed E-state index contributed by atoms with van der Waals surface area (Å²) in [6.07, 6.45) is 2.10. The number of aryl methyl sites for hydroxylation is 1. The summed E-state index contributed by atoms with van der Waals surface area (Å²) in [5.41, 5.74) is 2.27. The third-order valence-corrected chi connectivity index (χ3v) is 4.73. The molecular weight excluding hydrogens is 392 g/mol. The third kappa shape index (κ3) is 5.98. The van der Waals surface area contributed by atoms with Crippen molar-refractivity contribution in [1.29, 1.82) is 0 Å². The molecule has 0 aliphatic carbocycles. The average Bonchev–Trinajstić information content (AvgIpc) is 2.52. The number of anilines is 1. The summed E-state index contributed by atoms with van der Waals surface area (Å²) >= 11 is 3.46. The molecule has 5 nitrogen and oxygen atoms in total. The Morgan fingerprint density at radius 1 is 1.04 bits per heavy atom. The van der Waals surface area contributed by atoms with E-state index in [-0.39, 0.29) is 12.5 Å². The normalized spacial score (nSPS) is 11.1. The molecule has 2 rings (SSSR count). The molecule has 0 heterocycles. The number of rotatable bonds is 7. The van der Waals surface area contributed by atoms with Gasteiger partial charge in [0.05, 0.1) is 11.9 Å². The van der Waals surface area contributed by atoms with Crippen LogP contribution in [0.25, 0.3) is 0 Å². The zero-order chi connectivity index (χ0) is 17.6. The van der Waals surface area contributed by atoms with Crippen LogP contribution in [-0.2, 0) is 27.8 Å². The van der Waals surface area contributed by atoms with E-state index in [1.165, 1.54) is 0 Å². The molecule has 0 saturated heterocycles. The highest BCUT2D eigenvalue weighted by molar-refractivity contribution is 9.10. The molecule has 1 amide bonds. The monoisotopic (exact) mass is 410 g/mol. The molecule has 2 aromatic carbocycles. The van der Waals surface area contributed by atoms with Crippen LogP contribution in [0, 0.1) is 0 Å². The van der Waals surface area contributed by atoms with Crippen LogP contribution in [0.5, 0.6) is 0 Å². The Morgan fingerprint density at radius 3 is 2.33 bits per heavy atom. The summed E-state index contributed by atoms with van der Waals surface area (Å²) in [5, 5.41) is 2.83. The Morgan fingerprint density at radius 2 is 1.67 bits per heavy atom. The number of benzene rings is 2. The summed E-state index contributed by atoms with van der Waals surface area (Å²) in [6, 6.07) is 14.8. The topological polar surface area (TPSA) is 75.3 Å². The van der Waals surface area contributed by atoms with Gasteiger partial charge in [-0.1, -0.05) is 52.3 Å². The van der Waals surface area contributed by atoms with Crippen molar-refractivity contribution in [3.05, 3.63) is 64.1 Å². The van der Waals surface area contributed by atoms with Gasteiger partial charge in [-0.15, -0.1) is 0 Å². The number of halogens is 1. The Bertz CT molecular complexity index is 822. The predicted octanol–water partition coefficient (Wildman–Crippen LogP) is 3.07. The summed E-state index contributed by atoms with van der Waals surface area (Å²) in [4.78, 5) is 12.0. The standard InChI is InChI=1S/C17H19BrN2O3S/c1-24(22,23)20-16-9-5-3-7-14(16)12-19-17(21)11-10-13-6-2-4-8-15(13)18/h2-9,20H,10-12H2,1H3,(H,19,21). The Labute approximate surface area is 150 Å². The number of amides is 1. The van der Waals surface area contributed by atoms with Gasteiger partial charge in [0.15, 0.2) is 0 Å². The summed E-state index contributed by atoms with van der Waals surface area (Å²) in [6.45, 7) is 0.271. The third-order valence-electron chi connectivity index (χ3n) is 3.37. The van der Waals surface area contributed by atoms with Crippen molar-refractivity contribution in [3.63, 3.8) is 0 Å². The molecule has 0 aromatic heterocycles. The molecule has 2 N–H and O–H groups in total. The zero-order valence-corrected chi connectivity index (χ0v) is 15.7. The van der Waals surface area contributed by atoms with Crippen LogP contribution in [0.15, 0.2) is 53.0 Å². The first-order chi connectivity index (χ1) is 11.3. The van der Waals surface area contributed by atoms with Gasteiger partial charge in [-0.2, -0.15) is 0 Å². The minimum absolute atomic E-state index is 0.0834. The molecule has 0 fully saturated rings. The first-order valence-corrected chi connectivity index (χ1v) is 10.1. The first-order valence-electron chi connectivity index (χ1n) is 7.41. The smallest absolute Gasteiger partial charge is 0.229 e. The summed E-state index contributed by atoms with van der Waals surface area (Å²) in [7, 11) is -3.36. The van der Waals surface area contributed by atoms with Gasteiger partial charge in [0.2, 0.25) is 15.9 Å². The zero-order valence-electron chi connectivity index (χ0n) is 13.3. The van der Waals surface area contributed by atoms with Gasteiger partial charge >= 0.3 is 0 Å². The summed E-state index contributed by atoms with van der Waals surface area (Å²) in [5.74, 6) is -0.0834. The largest absolute Gasteiger partial charge is 0.352 e. The van der Waals surface area contributed by atoms with Crippen molar-refractivity contribution < 1.29 is 13.2 Å². The van der Waals surface area contributed by atoms with E-state index < -0.39 is 10.0 Å². The van der Waals surface area contributed by atoms with E-state index in [1.54, 1.807) is 24.3 Å². The van der Waals surface area contributed by atoms with E-state index in [0.717, 1.165) is 21.9 Å². The second kappa shape index (κ2) is 8.30. The van der Waals surface area contributed by atoms with Crippen molar-refractivity contribution in [3.8, 4) is 0 Å². The van der Waals surface area contributed by atoms with Crippen LogP contribution in [0.3, 0.4) is 0 Å². The van der Waals surface area contributed by atoms with Crippen LogP contribution in [-0.4, -0.2) is 20.6 Å². The van der Waals surface area contributed by atoms with E-state index >= 15 is 0 Å². The second-order valence-corrected chi connectivity index (χ2v) is 8.00. The molecule has 0 bridgehead atoms. The van der Waals surface area contributed by atoms with Crippen molar-refractivity contribution in [2.75, 3.05) is 11.0 Å². The number of carbonyl (C=O) groups excluding carboxylic acids is 1. The molecule has 0 atom stereocenters. The summed E-state index contributed by atoms with van der Waals surface area (Å²) < 4.78 is 26.2. The molecule has 7 heteroatoms. The minimum Gasteiger partial charge on any atom is -0.352 e. The molecule has 0 radical (unpaired) electrons. The van der Waals surface area contributed by atoms with E-state index in [4.69, 9.17) is 0 Å². The molecule has 2 aromatic rings. The lowest BCUT2D eigenvalue weighted by Gasteiger charge is -2.11. The van der Waals surface area contributed by atoms with Gasteiger partial charge in [0.1, 0.15) is 0 Å². The maximum Gasteiger partial charge on any atom is 0.229 e. The number of hydrogen-bond acceptors (Lipinski definition) is 3.